The van der Waals surface area contributed by atoms with Crippen molar-refractivity contribution in [3.63, 3.8) is 0 Å². The second-order valence-corrected chi connectivity index (χ2v) is 7.91. The maximum Gasteiger partial charge on any atom is 0.191 e. The molecule has 174 valence electrons. The molecule has 0 atom stereocenters. The second-order valence-electron chi connectivity index (χ2n) is 7.91. The van der Waals surface area contributed by atoms with Gasteiger partial charge in [0.2, 0.25) is 0 Å². The molecule has 0 radical (unpaired) electrons. The van der Waals surface area contributed by atoms with Crippen molar-refractivity contribution in [1.82, 2.24) is 15.5 Å². The highest BCUT2D eigenvalue weighted by atomic mass is 16.5. The number of ether oxygens (including phenoxy) is 3. The Hall–Kier alpha value is -2.77. The highest BCUT2D eigenvalue weighted by Gasteiger charge is 2.18. The summed E-state index contributed by atoms with van der Waals surface area (Å²) in [6.45, 7) is 4.60. The Morgan fingerprint density at radius 1 is 1.09 bits per heavy atom. The van der Waals surface area contributed by atoms with Crippen molar-refractivity contribution < 1.29 is 14.2 Å². The van der Waals surface area contributed by atoms with E-state index in [4.69, 9.17) is 14.2 Å². The average Bonchev–Trinajstić information content (AvgIpc) is 2.85. The lowest BCUT2D eigenvalue weighted by Gasteiger charge is -2.31. The summed E-state index contributed by atoms with van der Waals surface area (Å²) in [5, 5.41) is 6.70. The summed E-state index contributed by atoms with van der Waals surface area (Å²) in [5.74, 6) is 2.49. The molecule has 0 spiro atoms. The summed E-state index contributed by atoms with van der Waals surface area (Å²) in [6, 6.07) is 16.8. The smallest absolute Gasteiger partial charge is 0.191 e. The summed E-state index contributed by atoms with van der Waals surface area (Å²) in [6.07, 6.45) is 2.20. The van der Waals surface area contributed by atoms with Gasteiger partial charge in [0.1, 0.15) is 18.1 Å². The lowest BCUT2D eigenvalue weighted by atomic mass is 10.1. The van der Waals surface area contributed by atoms with Gasteiger partial charge in [0.05, 0.1) is 7.11 Å². The Bertz CT molecular complexity index is 853. The molecule has 3 rings (SSSR count). The number of para-hydroxylation sites is 1. The highest BCUT2D eigenvalue weighted by molar-refractivity contribution is 5.79. The van der Waals surface area contributed by atoms with Crippen molar-refractivity contribution >= 4 is 5.96 Å². The van der Waals surface area contributed by atoms with Crippen LogP contribution >= 0.6 is 0 Å². The summed E-state index contributed by atoms with van der Waals surface area (Å²) < 4.78 is 16.9. The third kappa shape index (κ3) is 7.43. The number of nitrogens with zero attached hydrogens (tertiary/aromatic N) is 2. The van der Waals surface area contributed by atoms with Crippen molar-refractivity contribution in [3.8, 4) is 11.5 Å². The van der Waals surface area contributed by atoms with Gasteiger partial charge in [-0.15, -0.1) is 0 Å². The van der Waals surface area contributed by atoms with Crippen molar-refractivity contribution in [1.29, 1.82) is 0 Å². The van der Waals surface area contributed by atoms with Crippen LogP contribution in [0.2, 0.25) is 0 Å². The van der Waals surface area contributed by atoms with Crippen LogP contribution in [0.3, 0.4) is 0 Å². The van der Waals surface area contributed by atoms with E-state index in [2.05, 4.69) is 39.7 Å². The quantitative estimate of drug-likeness (QED) is 0.437. The number of likely N-dealkylation sites (N-methyl/N-ethyl adjacent to an activating group) is 1. The molecule has 0 saturated carbocycles. The van der Waals surface area contributed by atoms with E-state index in [0.717, 1.165) is 61.2 Å². The van der Waals surface area contributed by atoms with Gasteiger partial charge in [-0.25, -0.2) is 0 Å². The molecule has 7 nitrogen and oxygen atoms in total. The van der Waals surface area contributed by atoms with Gasteiger partial charge in [-0.05, 0) is 43.7 Å². The Balaban J connectivity index is 1.43. The minimum Gasteiger partial charge on any atom is -0.496 e. The minimum atomic E-state index is 0.595. The zero-order chi connectivity index (χ0) is 22.6. The number of benzene rings is 2. The molecule has 0 aliphatic carbocycles. The topological polar surface area (TPSA) is 67.4 Å². The zero-order valence-electron chi connectivity index (χ0n) is 19.5. The summed E-state index contributed by atoms with van der Waals surface area (Å²) in [7, 11) is 5.62. The van der Waals surface area contributed by atoms with Gasteiger partial charge in [-0.2, -0.15) is 0 Å². The van der Waals surface area contributed by atoms with Crippen molar-refractivity contribution in [2.45, 2.75) is 32.0 Å². The van der Waals surface area contributed by atoms with Crippen LogP contribution in [0.25, 0.3) is 0 Å². The van der Waals surface area contributed by atoms with Gasteiger partial charge >= 0.3 is 0 Å². The Kier molecular flexibility index (Phi) is 9.65. The molecule has 1 heterocycles. The van der Waals surface area contributed by atoms with Crippen LogP contribution in [0.5, 0.6) is 11.5 Å². The molecular formula is C25H36N4O3. The molecule has 7 heteroatoms. The van der Waals surface area contributed by atoms with Crippen molar-refractivity contribution in [3.05, 3.63) is 59.7 Å². The van der Waals surface area contributed by atoms with Crippen LogP contribution in [-0.2, 0) is 17.8 Å². The maximum absolute atomic E-state index is 6.01. The number of methoxy groups -OCH3 is 1. The molecule has 0 unspecified atom stereocenters. The van der Waals surface area contributed by atoms with Gasteiger partial charge in [0.25, 0.3) is 0 Å². The normalized spacial score (nSPS) is 14.9. The first kappa shape index (κ1) is 23.9. The van der Waals surface area contributed by atoms with E-state index < -0.39 is 0 Å². The summed E-state index contributed by atoms with van der Waals surface area (Å²) in [5.41, 5.74) is 2.22. The minimum absolute atomic E-state index is 0.595. The predicted molar refractivity (Wildman–Crippen MR) is 128 cm³/mol. The number of hydrogen-bond acceptors (Lipinski definition) is 5. The molecule has 1 fully saturated rings. The van der Waals surface area contributed by atoms with Crippen LogP contribution in [0.15, 0.2) is 53.5 Å². The van der Waals surface area contributed by atoms with Gasteiger partial charge in [-0.1, -0.05) is 30.3 Å². The third-order valence-electron chi connectivity index (χ3n) is 5.75. The van der Waals surface area contributed by atoms with Crippen LogP contribution in [0.1, 0.15) is 24.0 Å². The number of aliphatic imine (C=N–C) groups is 1. The monoisotopic (exact) mass is 440 g/mol. The van der Waals surface area contributed by atoms with E-state index in [9.17, 15) is 0 Å². The molecule has 1 saturated heterocycles. The number of nitrogens with one attached hydrogen (secondary N) is 2. The lowest BCUT2D eigenvalue weighted by molar-refractivity contribution is 0.0392. The first-order valence-electron chi connectivity index (χ1n) is 11.3. The molecule has 1 aliphatic heterocycles. The van der Waals surface area contributed by atoms with Crippen molar-refractivity contribution in [2.24, 2.45) is 4.99 Å². The first-order chi connectivity index (χ1) is 15.7. The van der Waals surface area contributed by atoms with Gasteiger partial charge in [0, 0.05) is 51.5 Å². The number of hydrogen-bond donors (Lipinski definition) is 2. The second kappa shape index (κ2) is 12.9. The Morgan fingerprint density at radius 3 is 2.66 bits per heavy atom. The summed E-state index contributed by atoms with van der Waals surface area (Å²) >= 11 is 0. The standard InChI is InChI=1S/C25H36N4O3/c1-26-25(28-19-21-8-4-5-10-24(21)30-3)27-18-20-7-6-9-23(17-20)32-16-13-29(2)22-11-14-31-15-12-22/h4-10,17,22H,11-16,18-19H2,1-3H3,(H2,26,27,28). The van der Waals surface area contributed by atoms with Gasteiger partial charge in [0.15, 0.2) is 5.96 Å². The van der Waals surface area contributed by atoms with Gasteiger partial charge in [-0.3, -0.25) is 9.89 Å². The van der Waals surface area contributed by atoms with E-state index in [1.165, 1.54) is 0 Å². The predicted octanol–water partition coefficient (Wildman–Crippen LogP) is 3.05. The van der Waals surface area contributed by atoms with Crippen LogP contribution in [0.4, 0.5) is 0 Å². The molecule has 2 aromatic rings. The molecule has 0 amide bonds. The fourth-order valence-electron chi connectivity index (χ4n) is 3.80. The largest absolute Gasteiger partial charge is 0.496 e. The summed E-state index contributed by atoms with van der Waals surface area (Å²) in [4.78, 5) is 6.70. The SMILES string of the molecule is CN=C(NCc1cccc(OCCN(C)C2CCOCC2)c1)NCc1ccccc1OC. The van der Waals surface area contributed by atoms with E-state index in [1.807, 2.05) is 36.4 Å². The lowest BCUT2D eigenvalue weighted by Crippen LogP contribution is -2.38. The van der Waals surface area contributed by atoms with Crippen LogP contribution in [-0.4, -0.2) is 64.5 Å². The fourth-order valence-corrected chi connectivity index (χ4v) is 3.80. The van der Waals surface area contributed by atoms with E-state index >= 15 is 0 Å². The molecule has 0 bridgehead atoms. The average molecular weight is 441 g/mol. The van der Waals surface area contributed by atoms with E-state index in [0.29, 0.717) is 25.7 Å². The van der Waals surface area contributed by atoms with Crippen molar-refractivity contribution in [2.75, 3.05) is 47.6 Å². The molecule has 2 N–H and O–H groups in total. The van der Waals surface area contributed by atoms with Crippen LogP contribution < -0.4 is 20.1 Å². The number of rotatable bonds is 10. The molecular weight excluding hydrogens is 404 g/mol. The van der Waals surface area contributed by atoms with Crippen LogP contribution in [0, 0.1) is 0 Å². The molecule has 1 aliphatic rings. The zero-order valence-corrected chi connectivity index (χ0v) is 19.5. The molecule has 0 aromatic heterocycles. The Morgan fingerprint density at radius 2 is 1.88 bits per heavy atom. The third-order valence-corrected chi connectivity index (χ3v) is 5.75. The molecule has 32 heavy (non-hydrogen) atoms. The Labute approximate surface area is 191 Å². The van der Waals surface area contributed by atoms with E-state index in [-0.39, 0.29) is 0 Å². The van der Waals surface area contributed by atoms with E-state index in [1.54, 1.807) is 14.2 Å². The highest BCUT2D eigenvalue weighted by Crippen LogP contribution is 2.17. The fraction of sp³-hybridized carbons (Fsp3) is 0.480. The number of guanidine groups is 1. The van der Waals surface area contributed by atoms with Gasteiger partial charge < -0.3 is 24.8 Å². The first-order valence-corrected chi connectivity index (χ1v) is 11.3. The maximum atomic E-state index is 6.01. The molecule has 2 aromatic carbocycles.